The van der Waals surface area contributed by atoms with Crippen LogP contribution in [-0.2, 0) is 9.59 Å². The van der Waals surface area contributed by atoms with Crippen molar-refractivity contribution in [1.82, 2.24) is 10.4 Å². The van der Waals surface area contributed by atoms with Crippen LogP contribution >= 0.6 is 47.2 Å². The van der Waals surface area contributed by atoms with Gasteiger partial charge in [-0.05, 0) is 66.3 Å². The molecular weight excluding hydrogens is 583 g/mol. The Balaban J connectivity index is 1.38. The lowest BCUT2D eigenvalue weighted by molar-refractivity contribution is -0.123. The molecule has 0 atom stereocenters. The minimum absolute atomic E-state index is 0.145. The van der Waals surface area contributed by atoms with Crippen LogP contribution in [0.4, 0.5) is 16.2 Å². The number of thioether (sulfide) groups is 1. The number of hydrogen-bond donors (Lipinski definition) is 3. The number of halogens is 2. The Labute approximate surface area is 243 Å². The third-order valence-corrected chi connectivity index (χ3v) is 7.13. The number of nitrogens with zero attached hydrogens (tertiary/aromatic N) is 1. The zero-order valence-corrected chi connectivity index (χ0v) is 23.3. The average molecular weight is 604 g/mol. The van der Waals surface area contributed by atoms with Crippen molar-refractivity contribution in [1.29, 1.82) is 0 Å². The number of rotatable bonds is 8. The van der Waals surface area contributed by atoms with E-state index in [4.69, 9.17) is 44.9 Å². The van der Waals surface area contributed by atoms with Crippen molar-refractivity contribution in [2.24, 2.45) is 0 Å². The van der Waals surface area contributed by atoms with Crippen LogP contribution in [0.25, 0.3) is 6.08 Å². The van der Waals surface area contributed by atoms with Crippen molar-refractivity contribution in [3.63, 3.8) is 0 Å². The molecule has 3 N–H and O–H groups in total. The molecule has 4 rings (SSSR count). The highest BCUT2D eigenvalue weighted by Crippen LogP contribution is 2.34. The van der Waals surface area contributed by atoms with E-state index < -0.39 is 11.9 Å². The second-order valence-corrected chi connectivity index (χ2v) is 10.3. The topological polar surface area (TPSA) is 109 Å². The summed E-state index contributed by atoms with van der Waals surface area (Å²) in [7, 11) is 1.46. The second kappa shape index (κ2) is 12.9. The van der Waals surface area contributed by atoms with E-state index >= 15 is 0 Å². The Morgan fingerprint density at radius 3 is 2.46 bits per heavy atom. The number of nitrogens with one attached hydrogen (secondary N) is 3. The lowest BCUT2D eigenvalue weighted by Crippen LogP contribution is -2.46. The highest BCUT2D eigenvalue weighted by Gasteiger charge is 2.33. The van der Waals surface area contributed by atoms with Crippen LogP contribution in [0, 0.1) is 0 Å². The number of thiocarbonyl (C=S) groups is 1. The molecule has 9 nitrogen and oxygen atoms in total. The van der Waals surface area contributed by atoms with Crippen molar-refractivity contribution in [2.45, 2.75) is 0 Å². The summed E-state index contributed by atoms with van der Waals surface area (Å²) in [5.74, 6) is -0.116. The first-order valence-electron chi connectivity index (χ1n) is 11.2. The molecule has 0 spiro atoms. The highest BCUT2D eigenvalue weighted by molar-refractivity contribution is 8.26. The van der Waals surface area contributed by atoms with Gasteiger partial charge in [0.25, 0.3) is 11.8 Å². The minimum atomic E-state index is -0.689. The molecule has 0 radical (unpaired) electrons. The molecule has 39 heavy (non-hydrogen) atoms. The Morgan fingerprint density at radius 2 is 1.74 bits per heavy atom. The van der Waals surface area contributed by atoms with E-state index in [1.54, 1.807) is 42.5 Å². The van der Waals surface area contributed by atoms with Crippen LogP contribution in [-0.4, -0.2) is 40.9 Å². The molecule has 1 aliphatic rings. The smallest absolute Gasteiger partial charge is 0.338 e. The standard InChI is InChI=1S/C26H20Cl2N4O5S2/c1-36-21-11-15(7-10-20(21)37-14-23(33)29-16-5-3-2-4-6-16)12-22-24(34)32(26(38)39-22)31-25(35)30-17-8-9-18(27)19(28)13-17/h2-13H,14H2,1H3,(H,29,33)(H2,30,31,35)/b22-12-. The van der Waals surface area contributed by atoms with Crippen molar-refractivity contribution < 1.29 is 23.9 Å². The number of para-hydroxylation sites is 1. The summed E-state index contributed by atoms with van der Waals surface area (Å²) in [6.07, 6.45) is 1.60. The van der Waals surface area contributed by atoms with Crippen LogP contribution in [0.3, 0.4) is 0 Å². The van der Waals surface area contributed by atoms with E-state index in [0.717, 1.165) is 16.8 Å². The lowest BCUT2D eigenvalue weighted by Gasteiger charge is -2.16. The van der Waals surface area contributed by atoms with Crippen molar-refractivity contribution in [2.75, 3.05) is 24.4 Å². The van der Waals surface area contributed by atoms with Crippen LogP contribution in [0.5, 0.6) is 11.5 Å². The molecule has 3 aromatic rings. The molecule has 0 aliphatic carbocycles. The quantitative estimate of drug-likeness (QED) is 0.216. The van der Waals surface area contributed by atoms with Gasteiger partial charge in [0.2, 0.25) is 0 Å². The van der Waals surface area contributed by atoms with Crippen LogP contribution in [0.2, 0.25) is 10.0 Å². The van der Waals surface area contributed by atoms with Crippen molar-refractivity contribution in [3.8, 4) is 11.5 Å². The number of carbonyl (C=O) groups excluding carboxylic acids is 3. The molecule has 200 valence electrons. The summed E-state index contributed by atoms with van der Waals surface area (Å²) in [6.45, 7) is -0.223. The van der Waals surface area contributed by atoms with E-state index in [-0.39, 0.29) is 26.8 Å². The second-order valence-electron chi connectivity index (χ2n) is 7.83. The van der Waals surface area contributed by atoms with Gasteiger partial charge in [0, 0.05) is 11.4 Å². The molecule has 1 fully saturated rings. The van der Waals surface area contributed by atoms with E-state index in [1.165, 1.54) is 19.2 Å². The fourth-order valence-corrected chi connectivity index (χ4v) is 4.78. The average Bonchev–Trinajstić information content (AvgIpc) is 3.17. The molecule has 0 bridgehead atoms. The first-order valence-corrected chi connectivity index (χ1v) is 13.2. The first kappa shape index (κ1) is 28.2. The van der Waals surface area contributed by atoms with Gasteiger partial charge in [-0.3, -0.25) is 9.59 Å². The highest BCUT2D eigenvalue weighted by atomic mass is 35.5. The van der Waals surface area contributed by atoms with E-state index in [2.05, 4.69) is 16.1 Å². The van der Waals surface area contributed by atoms with Crippen LogP contribution in [0.15, 0.2) is 71.6 Å². The predicted octanol–water partition coefficient (Wildman–Crippen LogP) is 5.96. The van der Waals surface area contributed by atoms with Gasteiger partial charge in [-0.1, -0.05) is 59.2 Å². The van der Waals surface area contributed by atoms with Gasteiger partial charge < -0.3 is 20.1 Å². The molecular formula is C26H20Cl2N4O5S2. The molecule has 4 amide bonds. The maximum Gasteiger partial charge on any atom is 0.338 e. The molecule has 1 saturated heterocycles. The molecule has 1 heterocycles. The molecule has 0 aromatic heterocycles. The minimum Gasteiger partial charge on any atom is -0.493 e. The van der Waals surface area contributed by atoms with E-state index in [0.29, 0.717) is 33.5 Å². The molecule has 1 aliphatic heterocycles. The number of anilines is 2. The molecule has 13 heteroatoms. The number of methoxy groups -OCH3 is 1. The number of benzene rings is 3. The number of amides is 4. The Bertz CT molecular complexity index is 1470. The zero-order chi connectivity index (χ0) is 27.9. The molecule has 0 saturated carbocycles. The van der Waals surface area contributed by atoms with E-state index in [1.807, 2.05) is 18.2 Å². The summed E-state index contributed by atoms with van der Waals surface area (Å²) in [5, 5.41) is 6.88. The maximum atomic E-state index is 12.9. The fourth-order valence-electron chi connectivity index (χ4n) is 3.30. The van der Waals surface area contributed by atoms with Gasteiger partial charge >= 0.3 is 6.03 Å². The van der Waals surface area contributed by atoms with Gasteiger partial charge in [-0.25, -0.2) is 10.2 Å². The SMILES string of the molecule is COc1cc(/C=C2\SC(=S)N(NC(=O)Nc3ccc(Cl)c(Cl)c3)C2=O)ccc1OCC(=O)Nc1ccccc1. The third kappa shape index (κ3) is 7.42. The largest absolute Gasteiger partial charge is 0.493 e. The normalized spacial score (nSPS) is 13.8. The fraction of sp³-hybridized carbons (Fsp3) is 0.0769. The summed E-state index contributed by atoms with van der Waals surface area (Å²) in [4.78, 5) is 37.8. The van der Waals surface area contributed by atoms with Crippen LogP contribution in [0.1, 0.15) is 5.56 Å². The van der Waals surface area contributed by atoms with Gasteiger partial charge in [-0.2, -0.15) is 5.01 Å². The molecule has 3 aromatic carbocycles. The predicted molar refractivity (Wildman–Crippen MR) is 157 cm³/mol. The van der Waals surface area contributed by atoms with Gasteiger partial charge in [0.1, 0.15) is 0 Å². The first-order chi connectivity index (χ1) is 18.7. The summed E-state index contributed by atoms with van der Waals surface area (Å²) < 4.78 is 11.2. The van der Waals surface area contributed by atoms with E-state index in [9.17, 15) is 14.4 Å². The molecule has 0 unspecified atom stereocenters. The van der Waals surface area contributed by atoms with Gasteiger partial charge in [0.15, 0.2) is 22.4 Å². The monoisotopic (exact) mass is 602 g/mol. The lowest BCUT2D eigenvalue weighted by atomic mass is 10.2. The number of hydrogen-bond acceptors (Lipinski definition) is 7. The summed E-state index contributed by atoms with van der Waals surface area (Å²) >= 11 is 18.2. The van der Waals surface area contributed by atoms with Crippen molar-refractivity contribution in [3.05, 3.63) is 87.2 Å². The summed E-state index contributed by atoms with van der Waals surface area (Å²) in [5.41, 5.74) is 4.09. The van der Waals surface area contributed by atoms with Crippen molar-refractivity contribution >= 4 is 86.8 Å². The zero-order valence-electron chi connectivity index (χ0n) is 20.2. The van der Waals surface area contributed by atoms with Gasteiger partial charge in [-0.15, -0.1) is 0 Å². The van der Waals surface area contributed by atoms with Gasteiger partial charge in [0.05, 0.1) is 22.1 Å². The third-order valence-electron chi connectivity index (χ3n) is 5.09. The summed E-state index contributed by atoms with van der Waals surface area (Å²) in [6, 6.07) is 17.9. The Hall–Kier alpha value is -3.77. The number of carbonyl (C=O) groups is 3. The number of urea groups is 1. The maximum absolute atomic E-state index is 12.9. The Kier molecular flexibility index (Phi) is 9.31. The Morgan fingerprint density at radius 1 is 0.974 bits per heavy atom. The number of ether oxygens (including phenoxy) is 2. The van der Waals surface area contributed by atoms with Crippen LogP contribution < -0.4 is 25.5 Å². The number of hydrazine groups is 1.